The van der Waals surface area contributed by atoms with E-state index in [9.17, 15) is 4.79 Å². The highest BCUT2D eigenvalue weighted by atomic mass is 16.1. The summed E-state index contributed by atoms with van der Waals surface area (Å²) >= 11 is 0. The standard InChI is InChI=1S/C16H15N3O/c1-12-7-5-6-10-15(12)19-16(20)14(17-18-19)11-13-8-3-2-4-9-13/h2-10,18H,11H2,1H3. The third-order valence-electron chi connectivity index (χ3n) is 3.31. The van der Waals surface area contributed by atoms with Crippen LogP contribution in [0.2, 0.25) is 0 Å². The van der Waals surface area contributed by atoms with Crippen molar-refractivity contribution in [1.82, 2.24) is 15.0 Å². The number of aryl methyl sites for hydroxylation is 1. The van der Waals surface area contributed by atoms with E-state index in [4.69, 9.17) is 0 Å². The molecule has 1 N–H and O–H groups in total. The number of nitrogens with one attached hydrogen (secondary N) is 1. The van der Waals surface area contributed by atoms with Crippen molar-refractivity contribution < 1.29 is 0 Å². The van der Waals surface area contributed by atoms with Crippen LogP contribution in [0.5, 0.6) is 0 Å². The summed E-state index contributed by atoms with van der Waals surface area (Å²) in [5, 5.41) is 6.96. The van der Waals surface area contributed by atoms with Gasteiger partial charge >= 0.3 is 0 Å². The Morgan fingerprint density at radius 3 is 2.50 bits per heavy atom. The molecule has 3 aromatic rings. The summed E-state index contributed by atoms with van der Waals surface area (Å²) in [6.45, 7) is 1.97. The molecular weight excluding hydrogens is 250 g/mol. The first kappa shape index (κ1) is 12.4. The Hall–Kier alpha value is -2.62. The van der Waals surface area contributed by atoms with Gasteiger partial charge in [0.2, 0.25) is 0 Å². The van der Waals surface area contributed by atoms with Gasteiger partial charge in [-0.25, -0.2) is 9.90 Å². The summed E-state index contributed by atoms with van der Waals surface area (Å²) in [4.78, 5) is 12.4. The van der Waals surface area contributed by atoms with Gasteiger partial charge in [0.15, 0.2) is 0 Å². The van der Waals surface area contributed by atoms with E-state index in [0.29, 0.717) is 12.1 Å². The second-order valence-corrected chi connectivity index (χ2v) is 4.75. The van der Waals surface area contributed by atoms with Gasteiger partial charge in [0.1, 0.15) is 5.69 Å². The molecule has 0 bridgehead atoms. The van der Waals surface area contributed by atoms with Crippen LogP contribution in [-0.4, -0.2) is 15.0 Å². The van der Waals surface area contributed by atoms with E-state index in [1.165, 1.54) is 4.68 Å². The van der Waals surface area contributed by atoms with Crippen molar-refractivity contribution in [3.8, 4) is 5.69 Å². The number of aromatic nitrogens is 3. The Labute approximate surface area is 116 Å². The molecule has 0 unspecified atom stereocenters. The Bertz CT molecular complexity index is 772. The number of nitrogens with zero attached hydrogens (tertiary/aromatic N) is 2. The lowest BCUT2D eigenvalue weighted by atomic mass is 10.1. The Morgan fingerprint density at radius 2 is 1.75 bits per heavy atom. The maximum Gasteiger partial charge on any atom is 0.294 e. The van der Waals surface area contributed by atoms with Gasteiger partial charge in [0, 0.05) is 6.42 Å². The molecule has 2 aromatic carbocycles. The molecule has 0 amide bonds. The van der Waals surface area contributed by atoms with E-state index in [1.807, 2.05) is 61.5 Å². The van der Waals surface area contributed by atoms with Crippen molar-refractivity contribution >= 4 is 0 Å². The number of benzene rings is 2. The third kappa shape index (κ3) is 2.28. The van der Waals surface area contributed by atoms with Crippen molar-refractivity contribution in [1.29, 1.82) is 0 Å². The second kappa shape index (κ2) is 5.17. The molecule has 0 aliphatic carbocycles. The minimum absolute atomic E-state index is 0.0943. The fourth-order valence-corrected chi connectivity index (χ4v) is 2.21. The second-order valence-electron chi connectivity index (χ2n) is 4.75. The van der Waals surface area contributed by atoms with Crippen LogP contribution in [0, 0.1) is 6.92 Å². The van der Waals surface area contributed by atoms with Crippen LogP contribution in [0.15, 0.2) is 59.4 Å². The molecule has 100 valence electrons. The Kier molecular flexibility index (Phi) is 3.21. The van der Waals surface area contributed by atoms with Crippen molar-refractivity contribution in [2.75, 3.05) is 0 Å². The molecule has 0 saturated heterocycles. The number of hydrogen-bond acceptors (Lipinski definition) is 2. The lowest BCUT2D eigenvalue weighted by Crippen LogP contribution is -2.18. The summed E-state index contributed by atoms with van der Waals surface area (Å²) in [5.41, 5.74) is 3.38. The summed E-state index contributed by atoms with van der Waals surface area (Å²) in [6.07, 6.45) is 0.537. The van der Waals surface area contributed by atoms with Crippen LogP contribution in [0.1, 0.15) is 16.8 Å². The Morgan fingerprint density at radius 1 is 1.05 bits per heavy atom. The van der Waals surface area contributed by atoms with Gasteiger partial charge in [-0.2, -0.15) is 5.10 Å². The monoisotopic (exact) mass is 265 g/mol. The van der Waals surface area contributed by atoms with Crippen LogP contribution in [0.25, 0.3) is 5.69 Å². The highest BCUT2D eigenvalue weighted by molar-refractivity contribution is 5.39. The lowest BCUT2D eigenvalue weighted by Gasteiger charge is -2.03. The largest absolute Gasteiger partial charge is 0.294 e. The minimum Gasteiger partial charge on any atom is -0.265 e. The topological polar surface area (TPSA) is 50.7 Å². The van der Waals surface area contributed by atoms with Gasteiger partial charge in [-0.1, -0.05) is 48.5 Å². The molecule has 20 heavy (non-hydrogen) atoms. The van der Waals surface area contributed by atoms with Crippen molar-refractivity contribution in [2.24, 2.45) is 0 Å². The number of rotatable bonds is 3. The third-order valence-corrected chi connectivity index (χ3v) is 3.31. The molecule has 0 radical (unpaired) electrons. The van der Waals surface area contributed by atoms with Gasteiger partial charge in [0.05, 0.1) is 5.69 Å². The lowest BCUT2D eigenvalue weighted by molar-refractivity contribution is 0.779. The molecular formula is C16H15N3O. The van der Waals surface area contributed by atoms with Crippen LogP contribution in [0.4, 0.5) is 0 Å². The first-order chi connectivity index (χ1) is 9.75. The smallest absolute Gasteiger partial charge is 0.265 e. The van der Waals surface area contributed by atoms with Gasteiger partial charge < -0.3 is 0 Å². The van der Waals surface area contributed by atoms with E-state index in [1.54, 1.807) is 0 Å². The quantitative estimate of drug-likeness (QED) is 0.791. The van der Waals surface area contributed by atoms with Crippen molar-refractivity contribution in [3.63, 3.8) is 0 Å². The normalized spacial score (nSPS) is 10.7. The van der Waals surface area contributed by atoms with E-state index in [0.717, 1.165) is 16.8 Å². The number of hydrogen-bond donors (Lipinski definition) is 1. The Balaban J connectivity index is 1.98. The summed E-state index contributed by atoms with van der Waals surface area (Å²) in [5.74, 6) is 0. The highest BCUT2D eigenvalue weighted by Gasteiger charge is 2.11. The molecule has 1 heterocycles. The maximum atomic E-state index is 12.4. The fraction of sp³-hybridized carbons (Fsp3) is 0.125. The minimum atomic E-state index is -0.0943. The summed E-state index contributed by atoms with van der Waals surface area (Å²) in [7, 11) is 0. The van der Waals surface area contributed by atoms with Crippen LogP contribution in [-0.2, 0) is 6.42 Å². The molecule has 3 rings (SSSR count). The molecule has 1 aromatic heterocycles. The first-order valence-electron chi connectivity index (χ1n) is 6.52. The zero-order valence-electron chi connectivity index (χ0n) is 11.2. The number of aromatic amines is 1. The molecule has 4 nitrogen and oxygen atoms in total. The fourth-order valence-electron chi connectivity index (χ4n) is 2.21. The van der Waals surface area contributed by atoms with E-state index in [2.05, 4.69) is 10.3 Å². The van der Waals surface area contributed by atoms with Crippen molar-refractivity contribution in [2.45, 2.75) is 13.3 Å². The van der Waals surface area contributed by atoms with Gasteiger partial charge in [-0.3, -0.25) is 4.79 Å². The predicted molar refractivity (Wildman–Crippen MR) is 78.2 cm³/mol. The zero-order chi connectivity index (χ0) is 13.9. The molecule has 0 saturated carbocycles. The first-order valence-corrected chi connectivity index (χ1v) is 6.52. The zero-order valence-corrected chi connectivity index (χ0v) is 11.2. The summed E-state index contributed by atoms with van der Waals surface area (Å²) < 4.78 is 1.49. The molecule has 0 aliphatic rings. The van der Waals surface area contributed by atoms with E-state index < -0.39 is 0 Å². The summed E-state index contributed by atoms with van der Waals surface area (Å²) in [6, 6.07) is 17.6. The van der Waals surface area contributed by atoms with Crippen LogP contribution < -0.4 is 5.56 Å². The molecule has 0 atom stereocenters. The predicted octanol–water partition coefficient (Wildman–Crippen LogP) is 2.46. The molecule has 0 spiro atoms. The van der Waals surface area contributed by atoms with Gasteiger partial charge in [-0.05, 0) is 24.1 Å². The van der Waals surface area contributed by atoms with Crippen LogP contribution >= 0.6 is 0 Å². The number of para-hydroxylation sites is 1. The van der Waals surface area contributed by atoms with E-state index >= 15 is 0 Å². The maximum absolute atomic E-state index is 12.4. The number of H-pyrrole nitrogens is 1. The van der Waals surface area contributed by atoms with Crippen molar-refractivity contribution in [3.05, 3.63) is 81.8 Å². The molecule has 0 aliphatic heterocycles. The van der Waals surface area contributed by atoms with Gasteiger partial charge in [0.25, 0.3) is 5.56 Å². The average Bonchev–Trinajstić information content (AvgIpc) is 2.82. The SMILES string of the molecule is Cc1ccccc1-n1[nH]nc(Cc2ccccc2)c1=O. The van der Waals surface area contributed by atoms with E-state index in [-0.39, 0.29) is 5.56 Å². The highest BCUT2D eigenvalue weighted by Crippen LogP contribution is 2.10. The average molecular weight is 265 g/mol. The molecule has 4 heteroatoms. The molecule has 0 fully saturated rings. The van der Waals surface area contributed by atoms with Crippen LogP contribution in [0.3, 0.4) is 0 Å². The van der Waals surface area contributed by atoms with Gasteiger partial charge in [-0.15, -0.1) is 0 Å².